The van der Waals surface area contributed by atoms with Crippen LogP contribution in [0, 0.1) is 0 Å². The summed E-state index contributed by atoms with van der Waals surface area (Å²) in [5.41, 5.74) is 0.666. The molecule has 0 saturated carbocycles. The van der Waals surface area contributed by atoms with Crippen molar-refractivity contribution >= 4 is 22.0 Å². The number of rotatable bonds is 1. The molecule has 74 valence electrons. The Morgan fingerprint density at radius 1 is 1.57 bits per heavy atom. The van der Waals surface area contributed by atoms with Crippen molar-refractivity contribution in [3.8, 4) is 5.75 Å². The fourth-order valence-corrected chi connectivity index (χ4v) is 1.71. The highest BCUT2D eigenvalue weighted by Crippen LogP contribution is 2.29. The van der Waals surface area contributed by atoms with Gasteiger partial charge in [0, 0.05) is 10.0 Å². The number of cyclic esters (lactones) is 1. The fourth-order valence-electron chi connectivity index (χ4n) is 1.36. The number of hydrogen-bond acceptors (Lipinski definition) is 3. The molecule has 1 atom stereocenters. The molecule has 0 spiro atoms. The number of carbonyl (C=O) groups excluding carboxylic acids is 1. The average molecular weight is 258 g/mol. The van der Waals surface area contributed by atoms with Crippen LogP contribution in [0.5, 0.6) is 5.75 Å². The van der Waals surface area contributed by atoms with Gasteiger partial charge in [-0.3, -0.25) is 0 Å². The zero-order valence-corrected chi connectivity index (χ0v) is 8.74. The van der Waals surface area contributed by atoms with E-state index in [9.17, 15) is 9.90 Å². The predicted molar refractivity (Wildman–Crippen MR) is 53.0 cm³/mol. The Labute approximate surface area is 89.0 Å². The molecule has 0 unspecified atom stereocenters. The fraction of sp³-hybridized carbons (Fsp3) is 0.222. The van der Waals surface area contributed by atoms with E-state index in [4.69, 9.17) is 4.74 Å². The average Bonchev–Trinajstić information content (AvgIpc) is 2.51. The predicted octanol–water partition coefficient (Wildman–Crippen LogP) is 1.94. The van der Waals surface area contributed by atoms with Gasteiger partial charge in [0.2, 0.25) is 0 Å². The summed E-state index contributed by atoms with van der Waals surface area (Å²) in [6, 6.07) is 4.88. The van der Waals surface area contributed by atoms with E-state index in [0.717, 1.165) is 4.47 Å². The molecule has 0 aromatic heterocycles. The van der Waals surface area contributed by atoms with Gasteiger partial charge in [-0.25, -0.2) is 4.79 Å². The molecule has 2 N–H and O–H groups in total. The molecule has 1 saturated heterocycles. The Hall–Kier alpha value is -1.23. The summed E-state index contributed by atoms with van der Waals surface area (Å²) >= 11 is 3.24. The number of carbonyl (C=O) groups is 1. The van der Waals surface area contributed by atoms with E-state index in [1.165, 1.54) is 0 Å². The minimum absolute atomic E-state index is 0.148. The Kier molecular flexibility index (Phi) is 2.33. The van der Waals surface area contributed by atoms with Crippen LogP contribution in [-0.4, -0.2) is 17.8 Å². The molecule has 0 bridgehead atoms. The number of nitrogens with one attached hydrogen (secondary N) is 1. The number of halogens is 1. The minimum atomic E-state index is -0.447. The first-order chi connectivity index (χ1) is 6.66. The third-order valence-electron chi connectivity index (χ3n) is 2.04. The van der Waals surface area contributed by atoms with Crippen LogP contribution < -0.4 is 5.32 Å². The number of phenolic OH excluding ortho intramolecular Hbond substituents is 1. The van der Waals surface area contributed by atoms with Crippen LogP contribution >= 0.6 is 15.9 Å². The van der Waals surface area contributed by atoms with Crippen LogP contribution in [0.15, 0.2) is 22.7 Å². The van der Waals surface area contributed by atoms with Gasteiger partial charge in [0.05, 0.1) is 6.04 Å². The Morgan fingerprint density at radius 2 is 2.36 bits per heavy atom. The molecule has 1 aliphatic heterocycles. The first kappa shape index (κ1) is 9.33. The highest BCUT2D eigenvalue weighted by atomic mass is 79.9. The molecule has 0 aliphatic carbocycles. The number of ether oxygens (including phenoxy) is 1. The van der Waals surface area contributed by atoms with Crippen molar-refractivity contribution in [2.24, 2.45) is 0 Å². The lowest BCUT2D eigenvalue weighted by Gasteiger charge is -2.09. The summed E-state index contributed by atoms with van der Waals surface area (Å²) < 4.78 is 5.53. The Morgan fingerprint density at radius 3 is 2.93 bits per heavy atom. The third-order valence-corrected chi connectivity index (χ3v) is 2.53. The molecule has 2 rings (SSSR count). The lowest BCUT2D eigenvalue weighted by Crippen LogP contribution is -2.18. The van der Waals surface area contributed by atoms with Crippen molar-refractivity contribution in [3.05, 3.63) is 28.2 Å². The van der Waals surface area contributed by atoms with Gasteiger partial charge in [-0.05, 0) is 12.1 Å². The van der Waals surface area contributed by atoms with Gasteiger partial charge in [0.1, 0.15) is 12.4 Å². The second kappa shape index (κ2) is 3.49. The molecule has 0 radical (unpaired) electrons. The molecular formula is C9H8BrNO3. The lowest BCUT2D eigenvalue weighted by atomic mass is 10.1. The van der Waals surface area contributed by atoms with Crippen molar-refractivity contribution in [1.82, 2.24) is 5.32 Å². The van der Waals surface area contributed by atoms with Gasteiger partial charge in [0.25, 0.3) is 0 Å². The second-order valence-electron chi connectivity index (χ2n) is 3.00. The van der Waals surface area contributed by atoms with E-state index < -0.39 is 6.09 Å². The first-order valence-electron chi connectivity index (χ1n) is 4.08. The summed E-state index contributed by atoms with van der Waals surface area (Å²) in [5.74, 6) is 0.148. The van der Waals surface area contributed by atoms with Crippen LogP contribution in [0.3, 0.4) is 0 Å². The molecule has 1 heterocycles. The quantitative estimate of drug-likeness (QED) is 0.809. The molecule has 4 nitrogen and oxygen atoms in total. The molecule has 1 aromatic rings. The van der Waals surface area contributed by atoms with E-state index in [1.807, 2.05) is 0 Å². The van der Waals surface area contributed by atoms with Gasteiger partial charge in [-0.15, -0.1) is 0 Å². The number of amides is 1. The molecule has 14 heavy (non-hydrogen) atoms. The van der Waals surface area contributed by atoms with Crippen LogP contribution in [0.2, 0.25) is 0 Å². The second-order valence-corrected chi connectivity index (χ2v) is 3.91. The summed E-state index contributed by atoms with van der Waals surface area (Å²) in [7, 11) is 0. The van der Waals surface area contributed by atoms with Gasteiger partial charge in [-0.2, -0.15) is 0 Å². The van der Waals surface area contributed by atoms with Crippen molar-refractivity contribution in [1.29, 1.82) is 0 Å². The van der Waals surface area contributed by atoms with E-state index in [0.29, 0.717) is 5.56 Å². The molecule has 1 aromatic carbocycles. The maximum atomic E-state index is 10.8. The maximum absolute atomic E-state index is 10.8. The number of alkyl carbamates (subject to hydrolysis) is 1. The first-order valence-corrected chi connectivity index (χ1v) is 4.88. The topological polar surface area (TPSA) is 58.6 Å². The summed E-state index contributed by atoms with van der Waals surface area (Å²) in [6.45, 7) is 0.258. The Bertz CT molecular complexity index is 380. The van der Waals surface area contributed by atoms with Gasteiger partial charge >= 0.3 is 6.09 Å². The third kappa shape index (κ3) is 1.68. The SMILES string of the molecule is O=C1N[C@@H](c2ccc(Br)cc2O)CO1. The largest absolute Gasteiger partial charge is 0.508 e. The summed E-state index contributed by atoms with van der Waals surface area (Å²) in [5, 5.41) is 12.2. The van der Waals surface area contributed by atoms with Crippen molar-refractivity contribution in [2.75, 3.05) is 6.61 Å². The lowest BCUT2D eigenvalue weighted by molar-refractivity contribution is 0.177. The van der Waals surface area contributed by atoms with Crippen LogP contribution in [0.25, 0.3) is 0 Å². The number of hydrogen-bond donors (Lipinski definition) is 2. The highest BCUT2D eigenvalue weighted by Gasteiger charge is 2.25. The smallest absolute Gasteiger partial charge is 0.407 e. The minimum Gasteiger partial charge on any atom is -0.508 e. The van der Waals surface area contributed by atoms with Crippen molar-refractivity contribution in [3.63, 3.8) is 0 Å². The normalized spacial score (nSPS) is 20.4. The van der Waals surface area contributed by atoms with Crippen molar-refractivity contribution in [2.45, 2.75) is 6.04 Å². The van der Waals surface area contributed by atoms with E-state index in [1.54, 1.807) is 18.2 Å². The standard InChI is InChI=1S/C9H8BrNO3/c10-5-1-2-6(8(12)3-5)7-4-14-9(13)11-7/h1-3,7,12H,4H2,(H,11,13)/t7-/m1/s1. The van der Waals surface area contributed by atoms with E-state index in [2.05, 4.69) is 21.2 Å². The number of aromatic hydroxyl groups is 1. The van der Waals surface area contributed by atoms with E-state index >= 15 is 0 Å². The maximum Gasteiger partial charge on any atom is 0.407 e. The van der Waals surface area contributed by atoms with Gasteiger partial charge < -0.3 is 15.2 Å². The zero-order chi connectivity index (χ0) is 10.1. The van der Waals surface area contributed by atoms with Crippen LogP contribution in [0.1, 0.15) is 11.6 Å². The zero-order valence-electron chi connectivity index (χ0n) is 7.16. The molecule has 5 heteroatoms. The Balaban J connectivity index is 2.28. The van der Waals surface area contributed by atoms with E-state index in [-0.39, 0.29) is 18.4 Å². The van der Waals surface area contributed by atoms with Crippen molar-refractivity contribution < 1.29 is 14.6 Å². The molecule has 1 fully saturated rings. The van der Waals surface area contributed by atoms with Crippen LogP contribution in [-0.2, 0) is 4.74 Å². The molecule has 1 amide bonds. The molecule has 1 aliphatic rings. The van der Waals surface area contributed by atoms with Gasteiger partial charge in [0.15, 0.2) is 0 Å². The number of phenols is 1. The van der Waals surface area contributed by atoms with Crippen LogP contribution in [0.4, 0.5) is 4.79 Å². The summed E-state index contributed by atoms with van der Waals surface area (Å²) in [6.07, 6.45) is -0.447. The highest BCUT2D eigenvalue weighted by molar-refractivity contribution is 9.10. The molecular weight excluding hydrogens is 250 g/mol. The van der Waals surface area contributed by atoms with Gasteiger partial charge in [-0.1, -0.05) is 22.0 Å². The monoisotopic (exact) mass is 257 g/mol. The number of benzene rings is 1. The summed E-state index contributed by atoms with van der Waals surface area (Å²) in [4.78, 5) is 10.8.